The molecule has 0 saturated carbocycles. The summed E-state index contributed by atoms with van der Waals surface area (Å²) in [6, 6.07) is 141. The second-order valence-electron chi connectivity index (χ2n) is 28.4. The monoisotopic (exact) mass is 1630 g/mol. The van der Waals surface area contributed by atoms with E-state index in [4.69, 9.17) is 13.3 Å². The fourth-order valence-corrected chi connectivity index (χ4v) is 29.9. The molecule has 0 N–H and O–H groups in total. The predicted octanol–water partition coefficient (Wildman–Crippen LogP) is 29.2. The van der Waals surface area contributed by atoms with Crippen molar-refractivity contribution in [3.8, 4) is 61.3 Å². The molecular formula is C102H63I2N3O3. The Balaban J connectivity index is 0.584. The molecule has 0 aliphatic carbocycles. The Morgan fingerprint density at radius 2 is 0.591 bits per heavy atom. The zero-order valence-electron chi connectivity index (χ0n) is 59.2. The summed E-state index contributed by atoms with van der Waals surface area (Å²) in [7, 11) is 0. The maximum atomic E-state index is 6.96. The van der Waals surface area contributed by atoms with Crippen LogP contribution in [0.5, 0.6) is 0 Å². The number of hydrogen-bond donors (Lipinski definition) is 0. The zero-order chi connectivity index (χ0) is 72.1. The number of nitrogens with zero attached hydrogens (tertiary/aromatic N) is 3. The van der Waals surface area contributed by atoms with E-state index in [9.17, 15) is 0 Å². The van der Waals surface area contributed by atoms with Gasteiger partial charge in [-0.05, 0) is 66.7 Å². The minimum absolute atomic E-state index is 0.861. The third-order valence-corrected chi connectivity index (χ3v) is 34.5. The van der Waals surface area contributed by atoms with Gasteiger partial charge in [0.05, 0.1) is 11.0 Å². The van der Waals surface area contributed by atoms with Crippen molar-refractivity contribution in [3.63, 3.8) is 0 Å². The van der Waals surface area contributed by atoms with Crippen LogP contribution in [0.25, 0.3) is 149 Å². The molecule has 110 heavy (non-hydrogen) atoms. The number of benzene rings is 17. The molecule has 0 spiro atoms. The molecule has 0 atom stereocenters. The van der Waals surface area contributed by atoms with Crippen LogP contribution in [-0.4, -0.2) is 4.57 Å². The minimum atomic E-state index is -2.26. The molecule has 6 heterocycles. The molecule has 518 valence electrons. The molecule has 2 aliphatic heterocycles. The van der Waals surface area contributed by atoms with Crippen molar-refractivity contribution in [1.82, 2.24) is 4.57 Å². The van der Waals surface area contributed by atoms with Crippen LogP contribution in [0, 0.1) is 21.4 Å². The molecule has 23 rings (SSSR count). The molecule has 2 aliphatic rings. The fourth-order valence-electron chi connectivity index (χ4n) is 17.2. The Labute approximate surface area is 648 Å². The Kier molecular flexibility index (Phi) is 14.5. The van der Waals surface area contributed by atoms with Crippen molar-refractivity contribution in [3.05, 3.63) is 404 Å². The summed E-state index contributed by atoms with van der Waals surface area (Å²) >= 11 is -4.22. The van der Waals surface area contributed by atoms with E-state index < -0.39 is 39.6 Å². The summed E-state index contributed by atoms with van der Waals surface area (Å²) in [5.74, 6) is 0. The third kappa shape index (κ3) is 10.1. The number of halogens is 2. The van der Waals surface area contributed by atoms with E-state index in [0.717, 1.165) is 133 Å². The summed E-state index contributed by atoms with van der Waals surface area (Å²) < 4.78 is 31.0. The first kappa shape index (κ1) is 63.1. The molecule has 0 fully saturated rings. The number of anilines is 6. The number of rotatable bonds is 12. The van der Waals surface area contributed by atoms with Gasteiger partial charge in [-0.1, -0.05) is 78.9 Å². The van der Waals surface area contributed by atoms with Crippen LogP contribution in [-0.2, 0) is 0 Å². The number of hydrogen-bond acceptors (Lipinski definition) is 5. The second-order valence-corrected chi connectivity index (χ2v) is 38.7. The second kappa shape index (κ2) is 25.3. The van der Waals surface area contributed by atoms with Crippen molar-refractivity contribution in [1.29, 1.82) is 0 Å². The summed E-state index contributed by atoms with van der Waals surface area (Å²) in [5, 5.41) is 9.08. The van der Waals surface area contributed by atoms with E-state index in [0.29, 0.717) is 0 Å². The molecule has 4 aromatic heterocycles. The molecule has 0 saturated heterocycles. The van der Waals surface area contributed by atoms with Crippen LogP contribution in [0.15, 0.2) is 395 Å². The van der Waals surface area contributed by atoms with Crippen LogP contribution in [0.2, 0.25) is 0 Å². The van der Waals surface area contributed by atoms with Crippen molar-refractivity contribution in [2.75, 3.05) is 9.80 Å². The first-order valence-corrected chi connectivity index (χ1v) is 43.7. The zero-order valence-corrected chi connectivity index (χ0v) is 63.5. The first-order chi connectivity index (χ1) is 54.5. The van der Waals surface area contributed by atoms with Crippen LogP contribution in [0.3, 0.4) is 0 Å². The topological polar surface area (TPSA) is 50.8 Å². The normalized spacial score (nSPS) is 13.0. The van der Waals surface area contributed by atoms with Gasteiger partial charge in [0.25, 0.3) is 0 Å². The summed E-state index contributed by atoms with van der Waals surface area (Å²) in [6.07, 6.45) is 0. The molecule has 0 amide bonds. The van der Waals surface area contributed by atoms with E-state index in [1.54, 1.807) is 0 Å². The predicted molar refractivity (Wildman–Crippen MR) is 472 cm³/mol. The average Bonchev–Trinajstić information content (AvgIpc) is 1.58. The van der Waals surface area contributed by atoms with Gasteiger partial charge in [0.2, 0.25) is 0 Å². The molecule has 21 aromatic rings. The number of aromatic nitrogens is 1. The van der Waals surface area contributed by atoms with Gasteiger partial charge in [-0.2, -0.15) is 0 Å². The number of para-hydroxylation sites is 6. The Bertz CT molecular complexity index is 7260. The van der Waals surface area contributed by atoms with Gasteiger partial charge in [0, 0.05) is 49.7 Å². The van der Waals surface area contributed by atoms with Gasteiger partial charge < -0.3 is 13.9 Å². The van der Waals surface area contributed by atoms with Crippen LogP contribution < -0.4 is 9.80 Å². The number of fused-ring (bicyclic) bond motifs is 18. The van der Waals surface area contributed by atoms with Crippen molar-refractivity contribution >= 4 is 161 Å². The van der Waals surface area contributed by atoms with Gasteiger partial charge in [-0.15, -0.1) is 0 Å². The number of furan rings is 3. The van der Waals surface area contributed by atoms with E-state index >= 15 is 0 Å². The van der Waals surface area contributed by atoms with Crippen molar-refractivity contribution in [2.45, 2.75) is 0 Å². The van der Waals surface area contributed by atoms with Crippen LogP contribution in [0.4, 0.5) is 34.1 Å². The van der Waals surface area contributed by atoms with E-state index in [1.807, 2.05) is 18.2 Å². The maximum absolute atomic E-state index is 6.96. The van der Waals surface area contributed by atoms with Crippen molar-refractivity contribution < 1.29 is 13.3 Å². The van der Waals surface area contributed by atoms with Gasteiger partial charge in [-0.3, -0.25) is 0 Å². The molecule has 0 radical (unpaired) electrons. The van der Waals surface area contributed by atoms with Gasteiger partial charge in [0.15, 0.2) is 0 Å². The van der Waals surface area contributed by atoms with E-state index in [2.05, 4.69) is 378 Å². The van der Waals surface area contributed by atoms with Gasteiger partial charge in [0.1, 0.15) is 16.7 Å². The molecule has 0 bridgehead atoms. The third-order valence-electron chi connectivity index (χ3n) is 22.2. The molecule has 8 heteroatoms. The van der Waals surface area contributed by atoms with E-state index in [-0.39, 0.29) is 0 Å². The Morgan fingerprint density at radius 1 is 0.209 bits per heavy atom. The summed E-state index contributed by atoms with van der Waals surface area (Å²) in [4.78, 5) is 4.83. The fraction of sp³-hybridized carbons (Fsp3) is 0. The van der Waals surface area contributed by atoms with Crippen LogP contribution >= 0.6 is 39.6 Å². The molecular weight excluding hydrogens is 1570 g/mol. The van der Waals surface area contributed by atoms with Gasteiger partial charge in [-0.25, -0.2) is 0 Å². The van der Waals surface area contributed by atoms with E-state index in [1.165, 1.54) is 71.0 Å². The SMILES string of the molecule is c1ccc(I2c3ccccc3-c3cc(N(c4ccc(-c5cccc6c5oc5ccccc56)cc4)c4ccc5c(c4)-c4ccccc4I5c4cccc(-c5ccc6oc7c(-c8ccc(N(c9ccc(-n%10c%11ccccc%11c%11ccccc%11%10)cc9)c9ccc%10oc%11ccccc%11c%10c9)cc8)cccc7c6c5)c4)ccc32)cc1. The van der Waals surface area contributed by atoms with Crippen molar-refractivity contribution in [2.24, 2.45) is 0 Å². The molecule has 17 aromatic carbocycles. The van der Waals surface area contributed by atoms with Gasteiger partial charge >= 0.3 is 417 Å². The molecule has 6 nitrogen and oxygen atoms in total. The van der Waals surface area contributed by atoms with Crippen LogP contribution in [0.1, 0.15) is 0 Å². The molecule has 0 unspecified atom stereocenters. The standard InChI is InChI=1S/C102H63I2N3O3/c1-2-20-68(21-3-1)103-91-33-10-4-23-79(91)87-61-74(52-55-93(87)103)106(71-46-41-64(42-47-71)77-29-17-31-85-83-27-8-15-38-98(83)109-101(77)85)75-53-56-94-88(62-75)80-24-5-11-34-92(80)104(94)69-22-16-19-66(59-69)67-43-57-100-89(60-67)86-32-18-30-78(102(86)110-100)65-39-44-70(45-40-65)105(76-54-58-99-90(63-76)84-28-9-14-37-97(84)108-99)72-48-50-73(51-49-72)107-95-35-12-6-25-81(95)82-26-7-13-36-96(82)107/h1-63H. The average molecular weight is 1630 g/mol. The summed E-state index contributed by atoms with van der Waals surface area (Å²) in [5.41, 5.74) is 27.2. The Morgan fingerprint density at radius 3 is 1.21 bits per heavy atom. The Hall–Kier alpha value is -13.0. The first-order valence-electron chi connectivity index (χ1n) is 37.2. The quantitative estimate of drug-likeness (QED) is 0.114. The summed E-state index contributed by atoms with van der Waals surface area (Å²) in [6.45, 7) is 0.